The molecule has 1 aliphatic heterocycles. The van der Waals surface area contributed by atoms with E-state index in [1.54, 1.807) is 25.1 Å². The molecule has 1 aromatic rings. The lowest BCUT2D eigenvalue weighted by molar-refractivity contribution is -0.127. The predicted octanol–water partition coefficient (Wildman–Crippen LogP) is 1.30. The van der Waals surface area contributed by atoms with Crippen LogP contribution in [-0.2, 0) is 16.0 Å². The third-order valence-corrected chi connectivity index (χ3v) is 3.46. The van der Waals surface area contributed by atoms with Crippen molar-refractivity contribution in [3.05, 3.63) is 35.6 Å². The van der Waals surface area contributed by atoms with Gasteiger partial charge in [-0.1, -0.05) is 18.2 Å². The fourth-order valence-corrected chi connectivity index (χ4v) is 1.99. The summed E-state index contributed by atoms with van der Waals surface area (Å²) in [7, 11) is 0. The van der Waals surface area contributed by atoms with E-state index in [1.165, 1.54) is 6.07 Å². The van der Waals surface area contributed by atoms with Crippen molar-refractivity contribution in [3.63, 3.8) is 0 Å². The van der Waals surface area contributed by atoms with Crippen LogP contribution in [-0.4, -0.2) is 25.0 Å². The first kappa shape index (κ1) is 12.2. The minimum Gasteiger partial charge on any atom is -0.379 e. The minimum absolute atomic E-state index is 0.0624. The number of hydrogen-bond donors (Lipinski definition) is 1. The lowest BCUT2D eigenvalue weighted by atomic mass is 9.79. The van der Waals surface area contributed by atoms with Crippen molar-refractivity contribution in [2.45, 2.75) is 19.4 Å². The van der Waals surface area contributed by atoms with Crippen molar-refractivity contribution in [2.24, 2.45) is 11.1 Å². The van der Waals surface area contributed by atoms with Gasteiger partial charge >= 0.3 is 0 Å². The Balaban J connectivity index is 2.15. The molecular weight excluding hydrogens is 221 g/mol. The molecule has 2 rings (SSSR count). The van der Waals surface area contributed by atoms with Gasteiger partial charge < -0.3 is 10.5 Å². The number of nitrogens with two attached hydrogens (primary N) is 1. The third kappa shape index (κ3) is 2.23. The quantitative estimate of drug-likeness (QED) is 0.862. The van der Waals surface area contributed by atoms with Gasteiger partial charge in [0.15, 0.2) is 0 Å². The second kappa shape index (κ2) is 4.55. The predicted molar refractivity (Wildman–Crippen MR) is 62.0 cm³/mol. The average Bonchev–Trinajstić information content (AvgIpc) is 2.64. The van der Waals surface area contributed by atoms with Crippen LogP contribution in [0, 0.1) is 11.2 Å². The van der Waals surface area contributed by atoms with Gasteiger partial charge in [0.05, 0.1) is 18.6 Å². The van der Waals surface area contributed by atoms with Crippen molar-refractivity contribution in [3.8, 4) is 0 Å². The molecule has 2 unspecified atom stereocenters. The molecule has 3 nitrogen and oxygen atoms in total. The molecule has 1 aliphatic rings. The van der Waals surface area contributed by atoms with Crippen molar-refractivity contribution < 1.29 is 13.9 Å². The van der Waals surface area contributed by atoms with Crippen molar-refractivity contribution in [2.75, 3.05) is 13.2 Å². The molecule has 0 radical (unpaired) electrons. The summed E-state index contributed by atoms with van der Waals surface area (Å²) in [6.07, 6.45) is 0.0697. The maximum atomic E-state index is 13.4. The zero-order valence-electron chi connectivity index (χ0n) is 9.78. The summed E-state index contributed by atoms with van der Waals surface area (Å²) in [4.78, 5) is 12.2. The standard InChI is InChI=1S/C13H16FNO2/c1-13(8-17-7-11(13)15)12(16)6-9-4-2-3-5-10(9)14/h2-5,11H,6-8,15H2,1H3. The summed E-state index contributed by atoms with van der Waals surface area (Å²) in [6.45, 7) is 2.49. The van der Waals surface area contributed by atoms with Crippen LogP contribution in [0.15, 0.2) is 24.3 Å². The second-order valence-corrected chi connectivity index (χ2v) is 4.73. The molecule has 1 aromatic carbocycles. The number of carbonyl (C=O) groups is 1. The van der Waals surface area contributed by atoms with E-state index in [9.17, 15) is 9.18 Å². The van der Waals surface area contributed by atoms with Gasteiger partial charge in [0.1, 0.15) is 11.6 Å². The second-order valence-electron chi connectivity index (χ2n) is 4.73. The summed E-state index contributed by atoms with van der Waals surface area (Å²) in [5, 5.41) is 0. The maximum absolute atomic E-state index is 13.4. The lowest BCUT2D eigenvalue weighted by Crippen LogP contribution is -2.45. The number of halogens is 1. The minimum atomic E-state index is -0.692. The van der Waals surface area contributed by atoms with Crippen LogP contribution >= 0.6 is 0 Å². The molecule has 1 fully saturated rings. The fraction of sp³-hybridized carbons (Fsp3) is 0.462. The number of hydrogen-bond acceptors (Lipinski definition) is 3. The molecule has 17 heavy (non-hydrogen) atoms. The Bertz CT molecular complexity index is 435. The molecule has 0 saturated carbocycles. The van der Waals surface area contributed by atoms with Gasteiger partial charge in [-0.3, -0.25) is 4.79 Å². The summed E-state index contributed by atoms with van der Waals surface area (Å²) in [5.74, 6) is -0.412. The molecule has 1 heterocycles. The summed E-state index contributed by atoms with van der Waals surface area (Å²) in [6, 6.07) is 6.00. The van der Waals surface area contributed by atoms with E-state index in [0.29, 0.717) is 18.8 Å². The molecular formula is C13H16FNO2. The molecule has 0 aliphatic carbocycles. The molecule has 0 bridgehead atoms. The first-order valence-electron chi connectivity index (χ1n) is 5.64. The van der Waals surface area contributed by atoms with Gasteiger partial charge in [-0.15, -0.1) is 0 Å². The normalized spacial score (nSPS) is 28.3. The number of rotatable bonds is 3. The fourth-order valence-electron chi connectivity index (χ4n) is 1.99. The first-order valence-corrected chi connectivity index (χ1v) is 5.64. The monoisotopic (exact) mass is 237 g/mol. The summed E-state index contributed by atoms with van der Waals surface area (Å²) in [5.41, 5.74) is 5.59. The Morgan fingerprint density at radius 1 is 1.59 bits per heavy atom. The van der Waals surface area contributed by atoms with Gasteiger partial charge in [0.25, 0.3) is 0 Å². The number of carbonyl (C=O) groups excluding carboxylic acids is 1. The molecule has 1 saturated heterocycles. The van der Waals surface area contributed by atoms with Crippen LogP contribution in [0.5, 0.6) is 0 Å². The van der Waals surface area contributed by atoms with Crippen molar-refractivity contribution in [1.29, 1.82) is 0 Å². The van der Waals surface area contributed by atoms with E-state index in [1.807, 2.05) is 0 Å². The zero-order valence-corrected chi connectivity index (χ0v) is 9.78. The SMILES string of the molecule is CC1(C(=O)Cc2ccccc2F)COCC1N. The Labute approximate surface area is 99.8 Å². The van der Waals surface area contributed by atoms with E-state index in [-0.39, 0.29) is 24.1 Å². The Morgan fingerprint density at radius 2 is 2.29 bits per heavy atom. The highest BCUT2D eigenvalue weighted by Gasteiger charge is 2.43. The largest absolute Gasteiger partial charge is 0.379 e. The molecule has 0 spiro atoms. The molecule has 0 amide bonds. The van der Waals surface area contributed by atoms with Crippen molar-refractivity contribution in [1.82, 2.24) is 0 Å². The van der Waals surface area contributed by atoms with Crippen LogP contribution in [0.4, 0.5) is 4.39 Å². The van der Waals surface area contributed by atoms with Crippen LogP contribution < -0.4 is 5.73 Å². The van der Waals surface area contributed by atoms with Crippen LogP contribution in [0.2, 0.25) is 0 Å². The Hall–Kier alpha value is -1.26. The van der Waals surface area contributed by atoms with E-state index in [0.717, 1.165) is 0 Å². The highest BCUT2D eigenvalue weighted by Crippen LogP contribution is 2.29. The molecule has 4 heteroatoms. The highest BCUT2D eigenvalue weighted by molar-refractivity contribution is 5.87. The van der Waals surface area contributed by atoms with Gasteiger partial charge in [-0.05, 0) is 18.6 Å². The van der Waals surface area contributed by atoms with Gasteiger partial charge in [0, 0.05) is 12.5 Å². The van der Waals surface area contributed by atoms with Gasteiger partial charge in [-0.25, -0.2) is 4.39 Å². The van der Waals surface area contributed by atoms with E-state index in [2.05, 4.69) is 0 Å². The topological polar surface area (TPSA) is 52.3 Å². The van der Waals surface area contributed by atoms with Crippen LogP contribution in [0.25, 0.3) is 0 Å². The van der Waals surface area contributed by atoms with Gasteiger partial charge in [-0.2, -0.15) is 0 Å². The van der Waals surface area contributed by atoms with Crippen LogP contribution in [0.3, 0.4) is 0 Å². The first-order chi connectivity index (χ1) is 8.04. The number of ether oxygens (including phenoxy) is 1. The molecule has 2 N–H and O–H groups in total. The van der Waals surface area contributed by atoms with Crippen LogP contribution in [0.1, 0.15) is 12.5 Å². The highest BCUT2D eigenvalue weighted by atomic mass is 19.1. The molecule has 2 atom stereocenters. The number of benzene rings is 1. The smallest absolute Gasteiger partial charge is 0.147 e. The number of ketones is 1. The molecule has 92 valence electrons. The zero-order chi connectivity index (χ0) is 12.5. The molecule has 0 aromatic heterocycles. The van der Waals surface area contributed by atoms with E-state index < -0.39 is 5.41 Å². The van der Waals surface area contributed by atoms with Crippen molar-refractivity contribution >= 4 is 5.78 Å². The van der Waals surface area contributed by atoms with E-state index >= 15 is 0 Å². The van der Waals surface area contributed by atoms with Gasteiger partial charge in [0.2, 0.25) is 0 Å². The number of Topliss-reactive ketones (excluding diaryl/α,β-unsaturated/α-hetero) is 1. The summed E-state index contributed by atoms with van der Waals surface area (Å²) >= 11 is 0. The van der Waals surface area contributed by atoms with E-state index in [4.69, 9.17) is 10.5 Å². The average molecular weight is 237 g/mol. The lowest BCUT2D eigenvalue weighted by Gasteiger charge is -2.25. The third-order valence-electron chi connectivity index (χ3n) is 3.46. The Kier molecular flexibility index (Phi) is 3.26. The summed E-state index contributed by atoms with van der Waals surface area (Å²) < 4.78 is 18.7. The Morgan fingerprint density at radius 3 is 2.88 bits per heavy atom. The maximum Gasteiger partial charge on any atom is 0.147 e.